The van der Waals surface area contributed by atoms with Crippen LogP contribution in [0.3, 0.4) is 0 Å². The zero-order valence-corrected chi connectivity index (χ0v) is 15.1. The highest BCUT2D eigenvalue weighted by atomic mass is 32.2. The summed E-state index contributed by atoms with van der Waals surface area (Å²) in [5.74, 6) is -3.50. The minimum atomic E-state index is -3.70. The van der Waals surface area contributed by atoms with E-state index in [4.69, 9.17) is 0 Å². The zero-order valence-electron chi connectivity index (χ0n) is 13.4. The average Bonchev–Trinajstić information content (AvgIpc) is 3.26. The third kappa shape index (κ3) is 3.55. The lowest BCUT2D eigenvalue weighted by molar-refractivity contribution is -0.295. The summed E-state index contributed by atoms with van der Waals surface area (Å²) in [5, 5.41) is 11.5. The SMILES string of the molecule is O=C([O-])/C(=C\c1c(F)cccc1F)c1ccc(S(=O)(=O)N2CCCC2)s1. The third-order valence-electron chi connectivity index (χ3n) is 4.01. The zero-order chi connectivity index (χ0) is 18.9. The Morgan fingerprint density at radius 2 is 1.73 bits per heavy atom. The first-order chi connectivity index (χ1) is 12.3. The van der Waals surface area contributed by atoms with Crippen molar-refractivity contribution in [3.8, 4) is 0 Å². The van der Waals surface area contributed by atoms with Crippen LogP contribution >= 0.6 is 11.3 Å². The fraction of sp³-hybridized carbons (Fsp3) is 0.235. The topological polar surface area (TPSA) is 77.5 Å². The highest BCUT2D eigenvalue weighted by molar-refractivity contribution is 7.91. The lowest BCUT2D eigenvalue weighted by Crippen LogP contribution is -2.27. The number of halogens is 2. The Morgan fingerprint density at radius 3 is 2.31 bits per heavy atom. The summed E-state index contributed by atoms with van der Waals surface area (Å²) in [4.78, 5) is 11.5. The van der Waals surface area contributed by atoms with E-state index in [9.17, 15) is 27.1 Å². The highest BCUT2D eigenvalue weighted by Crippen LogP contribution is 2.32. The number of thiophene rings is 1. The van der Waals surface area contributed by atoms with Gasteiger partial charge in [-0.3, -0.25) is 0 Å². The molecular formula is C17H14F2NO4S2-. The minimum Gasteiger partial charge on any atom is -0.545 e. The number of aliphatic carboxylic acids is 1. The van der Waals surface area contributed by atoms with Crippen LogP contribution in [0.25, 0.3) is 11.6 Å². The minimum absolute atomic E-state index is 0.0180. The van der Waals surface area contributed by atoms with Gasteiger partial charge in [0.25, 0.3) is 10.0 Å². The molecular weight excluding hydrogens is 384 g/mol. The molecule has 138 valence electrons. The molecule has 9 heteroatoms. The second-order valence-corrected chi connectivity index (χ2v) is 8.96. The number of rotatable bonds is 5. The summed E-state index contributed by atoms with van der Waals surface area (Å²) >= 11 is 0.730. The molecule has 5 nitrogen and oxygen atoms in total. The number of carboxylic acids is 1. The van der Waals surface area contributed by atoms with E-state index in [0.29, 0.717) is 13.1 Å². The van der Waals surface area contributed by atoms with Gasteiger partial charge in [-0.1, -0.05) is 6.07 Å². The lowest BCUT2D eigenvalue weighted by atomic mass is 10.1. The Bertz CT molecular complexity index is 956. The number of sulfonamides is 1. The molecule has 1 aliphatic rings. The monoisotopic (exact) mass is 398 g/mol. The Morgan fingerprint density at radius 1 is 1.12 bits per heavy atom. The van der Waals surface area contributed by atoms with Gasteiger partial charge in [0.1, 0.15) is 15.8 Å². The number of hydrogen-bond acceptors (Lipinski definition) is 5. The largest absolute Gasteiger partial charge is 0.545 e. The van der Waals surface area contributed by atoms with Crippen LogP contribution in [-0.2, 0) is 14.8 Å². The maximum absolute atomic E-state index is 13.8. The van der Waals surface area contributed by atoms with Crippen molar-refractivity contribution in [1.82, 2.24) is 4.31 Å². The van der Waals surface area contributed by atoms with Crippen molar-refractivity contribution in [2.45, 2.75) is 17.1 Å². The predicted octanol–water partition coefficient (Wildman–Crippen LogP) is 2.10. The molecule has 1 saturated heterocycles. The molecule has 0 radical (unpaired) electrons. The fourth-order valence-electron chi connectivity index (χ4n) is 2.68. The van der Waals surface area contributed by atoms with Gasteiger partial charge in [-0.15, -0.1) is 11.3 Å². The van der Waals surface area contributed by atoms with E-state index in [1.165, 1.54) is 16.4 Å². The number of carbonyl (C=O) groups is 1. The second kappa shape index (κ2) is 7.26. The molecule has 2 aromatic rings. The van der Waals surface area contributed by atoms with Crippen molar-refractivity contribution >= 4 is 39.0 Å². The molecule has 3 rings (SSSR count). The predicted molar refractivity (Wildman–Crippen MR) is 91.5 cm³/mol. The summed E-state index contributed by atoms with van der Waals surface area (Å²) < 4.78 is 54.0. The maximum Gasteiger partial charge on any atom is 0.252 e. The van der Waals surface area contributed by atoms with Gasteiger partial charge in [0.2, 0.25) is 0 Å². The molecule has 0 spiro atoms. The highest BCUT2D eigenvalue weighted by Gasteiger charge is 2.29. The van der Waals surface area contributed by atoms with Crippen LogP contribution in [0.5, 0.6) is 0 Å². The van der Waals surface area contributed by atoms with Crippen LogP contribution in [0.2, 0.25) is 0 Å². The van der Waals surface area contributed by atoms with Crippen LogP contribution < -0.4 is 5.11 Å². The Kier molecular flexibility index (Phi) is 5.22. The summed E-state index contributed by atoms with van der Waals surface area (Å²) in [6, 6.07) is 5.75. The molecule has 0 unspecified atom stereocenters. The second-order valence-electron chi connectivity index (χ2n) is 5.71. The molecule has 2 heterocycles. The van der Waals surface area contributed by atoms with Crippen LogP contribution in [0.15, 0.2) is 34.5 Å². The van der Waals surface area contributed by atoms with Crippen molar-refractivity contribution in [1.29, 1.82) is 0 Å². The van der Waals surface area contributed by atoms with E-state index in [2.05, 4.69) is 0 Å². The van der Waals surface area contributed by atoms with Gasteiger partial charge in [0.15, 0.2) is 0 Å². The Hall–Kier alpha value is -2.10. The van der Waals surface area contributed by atoms with E-state index in [-0.39, 0.29) is 9.09 Å². The van der Waals surface area contributed by atoms with Gasteiger partial charge < -0.3 is 9.90 Å². The van der Waals surface area contributed by atoms with Crippen molar-refractivity contribution < 1.29 is 27.1 Å². The number of nitrogens with zero attached hydrogens (tertiary/aromatic N) is 1. The molecule has 26 heavy (non-hydrogen) atoms. The number of carbonyl (C=O) groups excluding carboxylic acids is 1. The first-order valence-corrected chi connectivity index (χ1v) is 10.0. The number of hydrogen-bond donors (Lipinski definition) is 0. The lowest BCUT2D eigenvalue weighted by Gasteiger charge is -2.13. The van der Waals surface area contributed by atoms with Crippen LogP contribution in [0.4, 0.5) is 8.78 Å². The Balaban J connectivity index is 2.02. The molecule has 0 atom stereocenters. The van der Waals surface area contributed by atoms with Crippen molar-refractivity contribution in [3.63, 3.8) is 0 Å². The Labute approximate surface area is 153 Å². The molecule has 0 saturated carbocycles. The quantitative estimate of drug-likeness (QED) is 0.723. The standard InChI is InChI=1S/C17H15F2NO4S2/c18-13-4-3-5-14(19)11(13)10-12(17(21)22)15-6-7-16(25-15)26(23,24)20-8-1-2-9-20/h3-7,10H,1-2,8-9H2,(H,21,22)/p-1/b12-10-. The first kappa shape index (κ1) is 18.7. The molecule has 1 aliphatic heterocycles. The van der Waals surface area contributed by atoms with Gasteiger partial charge in [-0.25, -0.2) is 17.2 Å². The van der Waals surface area contributed by atoms with E-state index >= 15 is 0 Å². The van der Waals surface area contributed by atoms with Crippen molar-refractivity contribution in [2.24, 2.45) is 0 Å². The van der Waals surface area contributed by atoms with Gasteiger partial charge in [-0.2, -0.15) is 4.31 Å². The number of carboxylic acid groups (broad SMARTS) is 1. The van der Waals surface area contributed by atoms with Crippen molar-refractivity contribution in [2.75, 3.05) is 13.1 Å². The van der Waals surface area contributed by atoms with Gasteiger partial charge in [0.05, 0.1) is 5.97 Å². The van der Waals surface area contributed by atoms with Gasteiger partial charge in [-0.05, 0) is 43.2 Å². The smallest absolute Gasteiger partial charge is 0.252 e. The van der Waals surface area contributed by atoms with E-state index in [0.717, 1.165) is 48.5 Å². The van der Waals surface area contributed by atoms with Crippen LogP contribution in [0.1, 0.15) is 23.3 Å². The molecule has 0 N–H and O–H groups in total. The normalized spacial score (nSPS) is 16.2. The molecule has 0 bridgehead atoms. The maximum atomic E-state index is 13.8. The molecule has 1 aromatic heterocycles. The summed E-state index contributed by atoms with van der Waals surface area (Å²) in [6.07, 6.45) is 2.36. The van der Waals surface area contributed by atoms with Crippen molar-refractivity contribution in [3.05, 3.63) is 52.4 Å². The average molecular weight is 398 g/mol. The van der Waals surface area contributed by atoms with Crippen LogP contribution in [-0.4, -0.2) is 31.8 Å². The van der Waals surface area contributed by atoms with E-state index in [1.807, 2.05) is 0 Å². The molecule has 1 fully saturated rings. The van der Waals surface area contributed by atoms with E-state index < -0.39 is 38.8 Å². The van der Waals surface area contributed by atoms with Gasteiger partial charge >= 0.3 is 0 Å². The summed E-state index contributed by atoms with van der Waals surface area (Å²) in [7, 11) is -3.70. The number of benzene rings is 1. The summed E-state index contributed by atoms with van der Waals surface area (Å²) in [5.41, 5.74) is -1.01. The molecule has 1 aromatic carbocycles. The van der Waals surface area contributed by atoms with Crippen LogP contribution in [0, 0.1) is 11.6 Å². The molecule has 0 aliphatic carbocycles. The fourth-order valence-corrected chi connectivity index (χ4v) is 5.66. The van der Waals surface area contributed by atoms with E-state index in [1.54, 1.807) is 0 Å². The van der Waals surface area contributed by atoms with Gasteiger partial charge in [0, 0.05) is 29.1 Å². The summed E-state index contributed by atoms with van der Waals surface area (Å²) in [6.45, 7) is 0.832. The molecule has 0 amide bonds. The first-order valence-electron chi connectivity index (χ1n) is 7.78. The third-order valence-corrected chi connectivity index (χ3v) is 7.50.